The van der Waals surface area contributed by atoms with Crippen molar-refractivity contribution in [3.8, 4) is 11.6 Å². The molecule has 0 aliphatic rings. The van der Waals surface area contributed by atoms with Gasteiger partial charge in [-0.15, -0.1) is 0 Å². The standard InChI is InChI=1S/C16H16N2O4/c1-8(2)21-16(20)22-15-9(3)14-11-6-10(19)4-5-12(11)18-13(14)7-17-15/h4-8,18-19H,1-3H3. The lowest BCUT2D eigenvalue weighted by atomic mass is 10.1. The number of hydrogen-bond acceptors (Lipinski definition) is 5. The first kappa shape index (κ1) is 14.2. The molecule has 0 bridgehead atoms. The second-order valence-electron chi connectivity index (χ2n) is 5.35. The zero-order valence-corrected chi connectivity index (χ0v) is 12.5. The molecule has 0 aliphatic heterocycles. The minimum absolute atomic E-state index is 0.172. The van der Waals surface area contributed by atoms with E-state index in [1.165, 1.54) is 0 Å². The van der Waals surface area contributed by atoms with Crippen LogP contribution in [0.5, 0.6) is 11.6 Å². The maximum absolute atomic E-state index is 11.6. The number of pyridine rings is 1. The number of ether oxygens (including phenoxy) is 2. The van der Waals surface area contributed by atoms with Crippen LogP contribution in [0.3, 0.4) is 0 Å². The number of aryl methyl sites for hydroxylation is 1. The maximum atomic E-state index is 11.6. The van der Waals surface area contributed by atoms with Crippen LogP contribution >= 0.6 is 0 Å². The molecule has 0 aliphatic carbocycles. The molecule has 2 heterocycles. The Balaban J connectivity index is 2.10. The summed E-state index contributed by atoms with van der Waals surface area (Å²) in [6.45, 7) is 5.30. The number of rotatable bonds is 2. The first-order valence-electron chi connectivity index (χ1n) is 6.94. The SMILES string of the molecule is Cc1c(OC(=O)OC(C)C)ncc2[nH]c3ccc(O)cc3c12. The van der Waals surface area contributed by atoms with E-state index in [4.69, 9.17) is 9.47 Å². The molecule has 6 nitrogen and oxygen atoms in total. The quantitative estimate of drug-likeness (QED) is 0.706. The van der Waals surface area contributed by atoms with Gasteiger partial charge in [-0.25, -0.2) is 9.78 Å². The number of nitrogens with one attached hydrogen (secondary N) is 1. The fourth-order valence-corrected chi connectivity index (χ4v) is 2.43. The average Bonchev–Trinajstić information content (AvgIpc) is 2.79. The third kappa shape index (κ3) is 2.43. The van der Waals surface area contributed by atoms with E-state index in [0.717, 1.165) is 21.8 Å². The Hall–Kier alpha value is -2.76. The lowest BCUT2D eigenvalue weighted by Crippen LogP contribution is -2.16. The number of aromatic amines is 1. The molecule has 2 aromatic heterocycles. The third-order valence-electron chi connectivity index (χ3n) is 3.33. The number of hydrogen-bond donors (Lipinski definition) is 2. The summed E-state index contributed by atoms with van der Waals surface area (Å²) in [6.07, 6.45) is 0.548. The summed E-state index contributed by atoms with van der Waals surface area (Å²) < 4.78 is 10.1. The van der Waals surface area contributed by atoms with Crippen molar-refractivity contribution in [2.75, 3.05) is 0 Å². The van der Waals surface area contributed by atoms with Crippen molar-refractivity contribution in [2.45, 2.75) is 26.9 Å². The predicted molar refractivity (Wildman–Crippen MR) is 82.2 cm³/mol. The van der Waals surface area contributed by atoms with E-state index >= 15 is 0 Å². The summed E-state index contributed by atoms with van der Waals surface area (Å²) in [5.41, 5.74) is 2.39. The molecule has 0 atom stereocenters. The van der Waals surface area contributed by atoms with Crippen LogP contribution in [0.1, 0.15) is 19.4 Å². The van der Waals surface area contributed by atoms with E-state index in [0.29, 0.717) is 5.56 Å². The molecule has 0 unspecified atom stereocenters. The van der Waals surface area contributed by atoms with Crippen molar-refractivity contribution in [2.24, 2.45) is 0 Å². The van der Waals surface area contributed by atoms with E-state index in [2.05, 4.69) is 9.97 Å². The smallest absolute Gasteiger partial charge is 0.508 e. The number of carbonyl (C=O) groups excluding carboxylic acids is 1. The number of aromatic nitrogens is 2. The van der Waals surface area contributed by atoms with Crippen LogP contribution < -0.4 is 4.74 Å². The van der Waals surface area contributed by atoms with E-state index < -0.39 is 6.16 Å². The fraction of sp³-hybridized carbons (Fsp3) is 0.250. The summed E-state index contributed by atoms with van der Waals surface area (Å²) >= 11 is 0. The van der Waals surface area contributed by atoms with Crippen LogP contribution in [0.4, 0.5) is 4.79 Å². The Labute approximate surface area is 126 Å². The summed E-state index contributed by atoms with van der Waals surface area (Å²) in [4.78, 5) is 19.0. The zero-order chi connectivity index (χ0) is 15.9. The van der Waals surface area contributed by atoms with Crippen LogP contribution in [0.2, 0.25) is 0 Å². The van der Waals surface area contributed by atoms with Crippen LogP contribution in [-0.4, -0.2) is 27.3 Å². The van der Waals surface area contributed by atoms with E-state index in [1.807, 2.05) is 6.92 Å². The van der Waals surface area contributed by atoms with Gasteiger partial charge >= 0.3 is 6.16 Å². The van der Waals surface area contributed by atoms with E-state index in [9.17, 15) is 9.90 Å². The van der Waals surface area contributed by atoms with Crippen molar-refractivity contribution in [3.63, 3.8) is 0 Å². The van der Waals surface area contributed by atoms with Gasteiger partial charge in [-0.05, 0) is 39.0 Å². The fourth-order valence-electron chi connectivity index (χ4n) is 2.43. The number of fused-ring (bicyclic) bond motifs is 3. The summed E-state index contributed by atoms with van der Waals surface area (Å²) in [6, 6.07) is 5.06. The molecule has 1 aromatic carbocycles. The molecule has 3 aromatic rings. The molecule has 0 amide bonds. The number of nitrogens with zero attached hydrogens (tertiary/aromatic N) is 1. The van der Waals surface area contributed by atoms with Gasteiger partial charge in [-0.2, -0.15) is 0 Å². The second-order valence-corrected chi connectivity index (χ2v) is 5.35. The molecule has 2 N–H and O–H groups in total. The van der Waals surface area contributed by atoms with E-state index in [-0.39, 0.29) is 17.7 Å². The maximum Gasteiger partial charge on any atom is 0.515 e. The van der Waals surface area contributed by atoms with Crippen molar-refractivity contribution in [1.29, 1.82) is 0 Å². The Morgan fingerprint density at radius 3 is 2.82 bits per heavy atom. The number of aromatic hydroxyl groups is 1. The van der Waals surface area contributed by atoms with Crippen molar-refractivity contribution < 1.29 is 19.4 Å². The Kier molecular flexibility index (Phi) is 3.36. The number of carbonyl (C=O) groups is 1. The number of H-pyrrole nitrogens is 1. The highest BCUT2D eigenvalue weighted by Gasteiger charge is 2.16. The van der Waals surface area contributed by atoms with Crippen LogP contribution in [0.15, 0.2) is 24.4 Å². The van der Waals surface area contributed by atoms with E-state index in [1.54, 1.807) is 38.2 Å². The second kappa shape index (κ2) is 5.22. The molecule has 114 valence electrons. The highest BCUT2D eigenvalue weighted by atomic mass is 16.7. The molecule has 22 heavy (non-hydrogen) atoms. The number of benzene rings is 1. The summed E-state index contributed by atoms with van der Waals surface area (Å²) in [5, 5.41) is 11.4. The van der Waals surface area contributed by atoms with Gasteiger partial charge in [0.15, 0.2) is 0 Å². The van der Waals surface area contributed by atoms with Crippen molar-refractivity contribution in [1.82, 2.24) is 9.97 Å². The molecule has 0 saturated heterocycles. The topological polar surface area (TPSA) is 84.4 Å². The van der Waals surface area contributed by atoms with Gasteiger partial charge in [-0.1, -0.05) is 0 Å². The molecule has 0 radical (unpaired) electrons. The average molecular weight is 300 g/mol. The molecular formula is C16H16N2O4. The van der Waals surface area contributed by atoms with Crippen molar-refractivity contribution >= 4 is 28.0 Å². The van der Waals surface area contributed by atoms with Gasteiger partial charge in [0, 0.05) is 21.9 Å². The van der Waals surface area contributed by atoms with Gasteiger partial charge in [0.2, 0.25) is 5.88 Å². The number of phenols is 1. The molecule has 0 saturated carbocycles. The summed E-state index contributed by atoms with van der Waals surface area (Å²) in [7, 11) is 0. The van der Waals surface area contributed by atoms with Crippen molar-refractivity contribution in [3.05, 3.63) is 30.0 Å². The Morgan fingerprint density at radius 2 is 2.09 bits per heavy atom. The van der Waals surface area contributed by atoms with Gasteiger partial charge in [0.05, 0.1) is 17.8 Å². The van der Waals surface area contributed by atoms with Crippen LogP contribution in [0, 0.1) is 6.92 Å². The number of phenolic OH excluding ortho intramolecular Hbond substituents is 1. The van der Waals surface area contributed by atoms with Crippen LogP contribution in [0.25, 0.3) is 21.8 Å². The predicted octanol–water partition coefficient (Wildman–Crippen LogP) is 3.65. The van der Waals surface area contributed by atoms with Gasteiger partial charge < -0.3 is 19.6 Å². The van der Waals surface area contributed by atoms with Gasteiger partial charge in [0.1, 0.15) is 5.75 Å². The zero-order valence-electron chi connectivity index (χ0n) is 12.5. The molecule has 0 fully saturated rings. The Bertz CT molecular complexity index is 867. The lowest BCUT2D eigenvalue weighted by Gasteiger charge is -2.09. The third-order valence-corrected chi connectivity index (χ3v) is 3.33. The largest absolute Gasteiger partial charge is 0.515 e. The first-order chi connectivity index (χ1) is 10.5. The minimum Gasteiger partial charge on any atom is -0.508 e. The first-order valence-corrected chi connectivity index (χ1v) is 6.94. The van der Waals surface area contributed by atoms with Crippen LogP contribution in [-0.2, 0) is 4.74 Å². The lowest BCUT2D eigenvalue weighted by molar-refractivity contribution is 0.0714. The highest BCUT2D eigenvalue weighted by Crippen LogP contribution is 2.33. The molecule has 0 spiro atoms. The molecular weight excluding hydrogens is 284 g/mol. The monoisotopic (exact) mass is 300 g/mol. The normalized spacial score (nSPS) is 11.3. The minimum atomic E-state index is -0.785. The van der Waals surface area contributed by atoms with Gasteiger partial charge in [0.25, 0.3) is 0 Å². The van der Waals surface area contributed by atoms with Gasteiger partial charge in [-0.3, -0.25) is 0 Å². The summed E-state index contributed by atoms with van der Waals surface area (Å²) in [5.74, 6) is 0.369. The highest BCUT2D eigenvalue weighted by molar-refractivity contribution is 6.09. The molecule has 3 rings (SSSR count). The Morgan fingerprint density at radius 1 is 1.32 bits per heavy atom. The molecule has 6 heteroatoms.